The van der Waals surface area contributed by atoms with E-state index in [1.54, 1.807) is 0 Å². The first-order valence-electron chi connectivity index (χ1n) is 5.28. The van der Waals surface area contributed by atoms with Crippen LogP contribution in [0.15, 0.2) is 0 Å². The molecule has 0 fully saturated rings. The second-order valence-corrected chi connectivity index (χ2v) is 6.59. The largest absolute Gasteiger partial charge is 0.162 e. The Hall–Kier alpha value is 0.700. The van der Waals surface area contributed by atoms with Crippen molar-refractivity contribution in [1.82, 2.24) is 0 Å². The highest BCUT2D eigenvalue weighted by Crippen LogP contribution is 2.13. The maximum atomic E-state index is 2.29. The van der Waals surface area contributed by atoms with Gasteiger partial charge in [-0.3, -0.25) is 0 Å². The Morgan fingerprint density at radius 3 is 1.46 bits per heavy atom. The highest BCUT2D eigenvalue weighted by atomic mass is 32.2. The molecule has 0 rings (SSSR count). The van der Waals surface area contributed by atoms with E-state index in [2.05, 4.69) is 51.2 Å². The van der Waals surface area contributed by atoms with Crippen LogP contribution in [0.5, 0.6) is 0 Å². The van der Waals surface area contributed by atoms with Crippen LogP contribution < -0.4 is 0 Å². The third-order valence-electron chi connectivity index (χ3n) is 1.48. The van der Waals surface area contributed by atoms with Crippen molar-refractivity contribution in [2.24, 2.45) is 11.8 Å². The van der Waals surface area contributed by atoms with Crippen molar-refractivity contribution in [3.63, 3.8) is 0 Å². The zero-order valence-electron chi connectivity index (χ0n) is 9.51. The van der Waals surface area contributed by atoms with Crippen molar-refractivity contribution < 1.29 is 0 Å². The normalized spacial score (nSPS) is 11.5. The van der Waals surface area contributed by atoms with Crippen molar-refractivity contribution in [2.45, 2.75) is 34.1 Å². The average Bonchev–Trinajstić information content (AvgIpc) is 2.01. The van der Waals surface area contributed by atoms with E-state index in [1.165, 1.54) is 29.4 Å². The molecular formula is C11H24S2. The van der Waals surface area contributed by atoms with Crippen LogP contribution in [0.25, 0.3) is 0 Å². The summed E-state index contributed by atoms with van der Waals surface area (Å²) in [5.74, 6) is 7.07. The first kappa shape index (κ1) is 13.7. The van der Waals surface area contributed by atoms with Gasteiger partial charge >= 0.3 is 0 Å². The van der Waals surface area contributed by atoms with Crippen LogP contribution in [0.1, 0.15) is 34.1 Å². The van der Waals surface area contributed by atoms with E-state index < -0.39 is 0 Å². The SMILES string of the molecule is CC(C)CSCCCSCC(C)C. The van der Waals surface area contributed by atoms with Gasteiger partial charge in [-0.15, -0.1) is 0 Å². The minimum absolute atomic E-state index is 0.855. The minimum Gasteiger partial charge on any atom is -0.162 e. The van der Waals surface area contributed by atoms with Gasteiger partial charge in [0.05, 0.1) is 0 Å². The molecule has 0 aromatic rings. The van der Waals surface area contributed by atoms with Crippen LogP contribution in [0.2, 0.25) is 0 Å². The van der Waals surface area contributed by atoms with Crippen LogP contribution in [-0.2, 0) is 0 Å². The van der Waals surface area contributed by atoms with E-state index in [9.17, 15) is 0 Å². The number of hydrogen-bond donors (Lipinski definition) is 0. The molecule has 0 nitrogen and oxygen atoms in total. The summed E-state index contributed by atoms with van der Waals surface area (Å²) in [5.41, 5.74) is 0. The summed E-state index contributed by atoms with van der Waals surface area (Å²) in [6.07, 6.45) is 1.38. The molecule has 0 aromatic heterocycles. The van der Waals surface area contributed by atoms with Crippen LogP contribution >= 0.6 is 23.5 Å². The third kappa shape index (κ3) is 12.7. The molecule has 0 unspecified atom stereocenters. The van der Waals surface area contributed by atoms with Crippen LogP contribution in [0.4, 0.5) is 0 Å². The molecule has 0 radical (unpaired) electrons. The zero-order chi connectivity index (χ0) is 10.1. The van der Waals surface area contributed by atoms with Crippen molar-refractivity contribution in [2.75, 3.05) is 23.0 Å². The van der Waals surface area contributed by atoms with Crippen LogP contribution in [0.3, 0.4) is 0 Å². The van der Waals surface area contributed by atoms with E-state index in [0.717, 1.165) is 11.8 Å². The van der Waals surface area contributed by atoms with Gasteiger partial charge < -0.3 is 0 Å². The quantitative estimate of drug-likeness (QED) is 0.564. The number of thioether (sulfide) groups is 2. The number of hydrogen-bond acceptors (Lipinski definition) is 2. The molecule has 0 atom stereocenters. The Morgan fingerprint density at radius 2 is 1.15 bits per heavy atom. The highest BCUT2D eigenvalue weighted by Gasteiger charge is 1.96. The van der Waals surface area contributed by atoms with Crippen molar-refractivity contribution >= 4 is 23.5 Å². The van der Waals surface area contributed by atoms with E-state index in [1.807, 2.05) is 0 Å². The molecule has 0 saturated heterocycles. The van der Waals surface area contributed by atoms with E-state index in [-0.39, 0.29) is 0 Å². The maximum Gasteiger partial charge on any atom is -0.00444 e. The standard InChI is InChI=1S/C11H24S2/c1-10(2)8-12-6-5-7-13-9-11(3)4/h10-11H,5-9H2,1-4H3. The first-order valence-corrected chi connectivity index (χ1v) is 7.59. The Labute approximate surface area is 92.6 Å². The summed E-state index contributed by atoms with van der Waals surface area (Å²) >= 11 is 4.21. The molecule has 13 heavy (non-hydrogen) atoms. The van der Waals surface area contributed by atoms with Crippen LogP contribution in [0, 0.1) is 11.8 Å². The molecule has 0 aliphatic heterocycles. The second-order valence-electron chi connectivity index (χ2n) is 4.29. The minimum atomic E-state index is 0.855. The molecule has 0 N–H and O–H groups in total. The molecule has 0 heterocycles. The smallest absolute Gasteiger partial charge is 0.00444 e. The molecule has 2 heteroatoms. The fourth-order valence-electron chi connectivity index (χ4n) is 0.901. The summed E-state index contributed by atoms with van der Waals surface area (Å²) in [7, 11) is 0. The summed E-state index contributed by atoms with van der Waals surface area (Å²) in [6, 6.07) is 0. The fourth-order valence-corrected chi connectivity index (χ4v) is 3.06. The van der Waals surface area contributed by atoms with Gasteiger partial charge in [0.25, 0.3) is 0 Å². The Balaban J connectivity index is 2.92. The summed E-state index contributed by atoms with van der Waals surface area (Å²) in [4.78, 5) is 0. The van der Waals surface area contributed by atoms with Crippen molar-refractivity contribution in [1.29, 1.82) is 0 Å². The third-order valence-corrected chi connectivity index (χ3v) is 4.44. The van der Waals surface area contributed by atoms with Gasteiger partial charge in [0.2, 0.25) is 0 Å². The lowest BCUT2D eigenvalue weighted by molar-refractivity contribution is 0.749. The monoisotopic (exact) mass is 220 g/mol. The lowest BCUT2D eigenvalue weighted by Gasteiger charge is -2.05. The average molecular weight is 220 g/mol. The fraction of sp³-hybridized carbons (Fsp3) is 1.00. The highest BCUT2D eigenvalue weighted by molar-refractivity contribution is 8.00. The Morgan fingerprint density at radius 1 is 0.769 bits per heavy atom. The zero-order valence-corrected chi connectivity index (χ0v) is 11.1. The van der Waals surface area contributed by atoms with Gasteiger partial charge in [0.1, 0.15) is 0 Å². The topological polar surface area (TPSA) is 0 Å². The molecule has 0 saturated carbocycles. The van der Waals surface area contributed by atoms with Gasteiger partial charge in [-0.1, -0.05) is 27.7 Å². The molecule has 0 aliphatic carbocycles. The lowest BCUT2D eigenvalue weighted by atomic mass is 10.3. The lowest BCUT2D eigenvalue weighted by Crippen LogP contribution is -1.95. The van der Waals surface area contributed by atoms with Crippen LogP contribution in [-0.4, -0.2) is 23.0 Å². The van der Waals surface area contributed by atoms with Gasteiger partial charge in [-0.25, -0.2) is 0 Å². The predicted octanol–water partition coefficient (Wildman–Crippen LogP) is 4.15. The maximum absolute atomic E-state index is 2.29. The van der Waals surface area contributed by atoms with Crippen molar-refractivity contribution in [3.05, 3.63) is 0 Å². The Bertz CT molecular complexity index is 88.3. The van der Waals surface area contributed by atoms with Gasteiger partial charge in [-0.2, -0.15) is 23.5 Å². The summed E-state index contributed by atoms with van der Waals surface area (Å²) in [6.45, 7) is 9.17. The van der Waals surface area contributed by atoms with E-state index in [4.69, 9.17) is 0 Å². The van der Waals surface area contributed by atoms with Gasteiger partial charge in [-0.05, 0) is 41.3 Å². The predicted molar refractivity (Wildman–Crippen MR) is 68.9 cm³/mol. The molecular weight excluding hydrogens is 196 g/mol. The van der Waals surface area contributed by atoms with Gasteiger partial charge in [0.15, 0.2) is 0 Å². The molecule has 80 valence electrons. The van der Waals surface area contributed by atoms with E-state index in [0.29, 0.717) is 0 Å². The summed E-state index contributed by atoms with van der Waals surface area (Å²) < 4.78 is 0. The molecule has 0 spiro atoms. The molecule has 0 aliphatic rings. The summed E-state index contributed by atoms with van der Waals surface area (Å²) in [5, 5.41) is 0. The van der Waals surface area contributed by atoms with Gasteiger partial charge in [0, 0.05) is 0 Å². The van der Waals surface area contributed by atoms with Crippen molar-refractivity contribution in [3.8, 4) is 0 Å². The first-order chi connectivity index (χ1) is 6.13. The Kier molecular flexibility index (Phi) is 9.76. The van der Waals surface area contributed by atoms with E-state index >= 15 is 0 Å². The molecule has 0 amide bonds. The molecule has 0 bridgehead atoms. The molecule has 0 aromatic carbocycles. The second kappa shape index (κ2) is 9.26. The number of rotatable bonds is 8.